The fourth-order valence-electron chi connectivity index (χ4n) is 3.79. The van der Waals surface area contributed by atoms with Crippen LogP contribution in [-0.2, 0) is 0 Å². The first-order valence-electron chi connectivity index (χ1n) is 11.3. The molecule has 0 unspecified atom stereocenters. The molecule has 3 heterocycles. The topological polar surface area (TPSA) is 98.8 Å². The standard InChI is InChI=1S/C27H24FN7O/c1-35(2)16-31-22-11-19(13-29-14-22)17-6-8-25-23(12-17)26(34-33-25)27(36)32-21-7-9-24(30-15-21)18-4-3-5-20(28)10-18/h3-15,31H,16H2,1-2H3,(H,32,36)(H,33,34). The second-order valence-corrected chi connectivity index (χ2v) is 8.61. The fraction of sp³-hybridized carbons (Fsp3) is 0.111. The van der Waals surface area contributed by atoms with Gasteiger partial charge < -0.3 is 10.6 Å². The second kappa shape index (κ2) is 9.93. The van der Waals surface area contributed by atoms with E-state index in [9.17, 15) is 9.18 Å². The Balaban J connectivity index is 1.36. The third kappa shape index (κ3) is 5.06. The first kappa shape index (κ1) is 23.1. The Morgan fingerprint density at radius 2 is 1.83 bits per heavy atom. The minimum atomic E-state index is -0.363. The number of halogens is 1. The predicted molar refractivity (Wildman–Crippen MR) is 139 cm³/mol. The molecule has 0 atom stereocenters. The van der Waals surface area contributed by atoms with Crippen LogP contribution in [0.25, 0.3) is 33.3 Å². The number of anilines is 2. The van der Waals surface area contributed by atoms with Gasteiger partial charge in [0.05, 0.1) is 41.6 Å². The number of amides is 1. The molecule has 0 aliphatic heterocycles. The number of hydrogen-bond acceptors (Lipinski definition) is 6. The third-order valence-electron chi connectivity index (χ3n) is 5.59. The maximum atomic E-state index is 13.5. The number of carbonyl (C=O) groups excluding carboxylic acids is 1. The molecule has 0 spiro atoms. The van der Waals surface area contributed by atoms with Crippen LogP contribution in [-0.4, -0.2) is 51.7 Å². The van der Waals surface area contributed by atoms with Crippen LogP contribution in [0.4, 0.5) is 15.8 Å². The lowest BCUT2D eigenvalue weighted by molar-refractivity contribution is 0.102. The van der Waals surface area contributed by atoms with Gasteiger partial charge in [-0.05, 0) is 62.1 Å². The van der Waals surface area contributed by atoms with Crippen LogP contribution in [0.2, 0.25) is 0 Å². The van der Waals surface area contributed by atoms with Crippen molar-refractivity contribution in [2.75, 3.05) is 31.4 Å². The van der Waals surface area contributed by atoms with Crippen molar-refractivity contribution in [3.05, 3.63) is 90.8 Å². The number of aromatic nitrogens is 4. The number of aromatic amines is 1. The SMILES string of the molecule is CN(C)CNc1cncc(-c2ccc3[nH]nc(C(=O)Nc4ccc(-c5cccc(F)c5)nc4)c3c2)c1. The molecule has 9 heteroatoms. The lowest BCUT2D eigenvalue weighted by Crippen LogP contribution is -2.20. The van der Waals surface area contributed by atoms with E-state index in [0.717, 1.165) is 22.3 Å². The van der Waals surface area contributed by atoms with Gasteiger partial charge in [0.1, 0.15) is 5.82 Å². The van der Waals surface area contributed by atoms with Crippen LogP contribution in [0.1, 0.15) is 10.5 Å². The van der Waals surface area contributed by atoms with E-state index >= 15 is 0 Å². The summed E-state index contributed by atoms with van der Waals surface area (Å²) in [7, 11) is 3.97. The first-order valence-corrected chi connectivity index (χ1v) is 11.3. The second-order valence-electron chi connectivity index (χ2n) is 8.61. The average molecular weight is 482 g/mol. The maximum absolute atomic E-state index is 13.5. The van der Waals surface area contributed by atoms with Crippen LogP contribution >= 0.6 is 0 Å². The molecule has 0 saturated heterocycles. The van der Waals surface area contributed by atoms with Crippen molar-refractivity contribution in [1.29, 1.82) is 0 Å². The monoisotopic (exact) mass is 481 g/mol. The lowest BCUT2D eigenvalue weighted by atomic mass is 10.0. The molecule has 3 aromatic heterocycles. The number of fused-ring (bicyclic) bond motifs is 1. The lowest BCUT2D eigenvalue weighted by Gasteiger charge is -2.12. The summed E-state index contributed by atoms with van der Waals surface area (Å²) in [6.07, 6.45) is 5.10. The number of rotatable bonds is 7. The van der Waals surface area contributed by atoms with E-state index in [1.54, 1.807) is 36.7 Å². The molecule has 2 aromatic carbocycles. The predicted octanol–water partition coefficient (Wildman–Crippen LogP) is 5.01. The highest BCUT2D eigenvalue weighted by atomic mass is 19.1. The summed E-state index contributed by atoms with van der Waals surface area (Å²) in [6.45, 7) is 0.689. The van der Waals surface area contributed by atoms with Gasteiger partial charge in [-0.15, -0.1) is 0 Å². The number of benzene rings is 2. The molecule has 0 aliphatic rings. The van der Waals surface area contributed by atoms with E-state index in [1.165, 1.54) is 18.3 Å². The van der Waals surface area contributed by atoms with Crippen molar-refractivity contribution in [2.45, 2.75) is 0 Å². The van der Waals surface area contributed by atoms with Gasteiger partial charge in [0.25, 0.3) is 5.91 Å². The van der Waals surface area contributed by atoms with Crippen LogP contribution < -0.4 is 10.6 Å². The van der Waals surface area contributed by atoms with Gasteiger partial charge in [0.15, 0.2) is 5.69 Å². The Kier molecular flexibility index (Phi) is 6.38. The molecule has 5 aromatic rings. The Bertz CT molecular complexity index is 1530. The number of H-pyrrole nitrogens is 1. The van der Waals surface area contributed by atoms with Gasteiger partial charge in [-0.1, -0.05) is 18.2 Å². The number of hydrogen-bond donors (Lipinski definition) is 3. The Hall–Kier alpha value is -4.63. The smallest absolute Gasteiger partial charge is 0.276 e. The molecule has 0 saturated carbocycles. The largest absolute Gasteiger partial charge is 0.371 e. The molecule has 0 radical (unpaired) electrons. The summed E-state index contributed by atoms with van der Waals surface area (Å²) in [4.78, 5) is 23.8. The van der Waals surface area contributed by atoms with Crippen molar-refractivity contribution < 1.29 is 9.18 Å². The number of carbonyl (C=O) groups is 1. The summed E-state index contributed by atoms with van der Waals surface area (Å²) in [5.74, 6) is -0.693. The van der Waals surface area contributed by atoms with E-state index in [0.29, 0.717) is 29.0 Å². The van der Waals surface area contributed by atoms with Gasteiger partial charge in [-0.25, -0.2) is 4.39 Å². The highest BCUT2D eigenvalue weighted by Crippen LogP contribution is 2.27. The van der Waals surface area contributed by atoms with Crippen molar-refractivity contribution in [2.24, 2.45) is 0 Å². The summed E-state index contributed by atoms with van der Waals surface area (Å²) in [5.41, 5.74) is 5.55. The molecule has 180 valence electrons. The van der Waals surface area contributed by atoms with Crippen molar-refractivity contribution in [3.8, 4) is 22.4 Å². The van der Waals surface area contributed by atoms with Crippen LogP contribution in [0.5, 0.6) is 0 Å². The average Bonchev–Trinajstić information content (AvgIpc) is 3.32. The number of nitrogens with one attached hydrogen (secondary N) is 3. The van der Waals surface area contributed by atoms with E-state index in [-0.39, 0.29) is 17.4 Å². The Morgan fingerprint density at radius 3 is 2.61 bits per heavy atom. The molecule has 3 N–H and O–H groups in total. The van der Waals surface area contributed by atoms with Crippen LogP contribution in [0.15, 0.2) is 79.3 Å². The zero-order valence-electron chi connectivity index (χ0n) is 19.8. The molecule has 0 fully saturated rings. The zero-order chi connectivity index (χ0) is 25.1. The summed E-state index contributed by atoms with van der Waals surface area (Å²) in [6, 6.07) is 17.5. The molecule has 5 rings (SSSR count). The zero-order valence-corrected chi connectivity index (χ0v) is 19.8. The normalized spacial score (nSPS) is 11.1. The summed E-state index contributed by atoms with van der Waals surface area (Å²) >= 11 is 0. The summed E-state index contributed by atoms with van der Waals surface area (Å²) < 4.78 is 13.5. The quantitative estimate of drug-likeness (QED) is 0.283. The molecular weight excluding hydrogens is 457 g/mol. The summed E-state index contributed by atoms with van der Waals surface area (Å²) in [5, 5.41) is 14.0. The van der Waals surface area contributed by atoms with Gasteiger partial charge in [0, 0.05) is 22.7 Å². The van der Waals surface area contributed by atoms with Crippen molar-refractivity contribution in [1.82, 2.24) is 25.1 Å². The van der Waals surface area contributed by atoms with Crippen LogP contribution in [0.3, 0.4) is 0 Å². The molecule has 0 aliphatic carbocycles. The van der Waals surface area contributed by atoms with Crippen molar-refractivity contribution in [3.63, 3.8) is 0 Å². The maximum Gasteiger partial charge on any atom is 0.276 e. The molecule has 8 nitrogen and oxygen atoms in total. The van der Waals surface area contributed by atoms with Gasteiger partial charge in [-0.3, -0.25) is 24.8 Å². The Labute approximate surface area is 207 Å². The highest BCUT2D eigenvalue weighted by Gasteiger charge is 2.16. The van der Waals surface area contributed by atoms with Crippen LogP contribution in [0, 0.1) is 5.82 Å². The van der Waals surface area contributed by atoms with E-state index in [2.05, 4.69) is 30.8 Å². The fourth-order valence-corrected chi connectivity index (χ4v) is 3.79. The molecule has 36 heavy (non-hydrogen) atoms. The van der Waals surface area contributed by atoms with E-state index in [1.807, 2.05) is 43.3 Å². The minimum absolute atomic E-state index is 0.274. The van der Waals surface area contributed by atoms with Gasteiger partial charge in [-0.2, -0.15) is 5.10 Å². The number of pyridine rings is 2. The van der Waals surface area contributed by atoms with Gasteiger partial charge in [0.2, 0.25) is 0 Å². The van der Waals surface area contributed by atoms with E-state index < -0.39 is 0 Å². The van der Waals surface area contributed by atoms with Gasteiger partial charge >= 0.3 is 0 Å². The van der Waals surface area contributed by atoms with E-state index in [4.69, 9.17) is 0 Å². The molecular formula is C27H24FN7O. The van der Waals surface area contributed by atoms with Crippen molar-refractivity contribution >= 4 is 28.2 Å². The molecule has 1 amide bonds. The first-order chi connectivity index (χ1) is 17.5. The third-order valence-corrected chi connectivity index (χ3v) is 5.59. The minimum Gasteiger partial charge on any atom is -0.371 e. The number of nitrogens with zero attached hydrogens (tertiary/aromatic N) is 4. The Morgan fingerprint density at radius 1 is 0.944 bits per heavy atom. The molecule has 0 bridgehead atoms. The highest BCUT2D eigenvalue weighted by molar-refractivity contribution is 6.11.